The molecule has 1 saturated carbocycles. The van der Waals surface area contributed by atoms with Gasteiger partial charge in [-0.25, -0.2) is 0 Å². The van der Waals surface area contributed by atoms with Crippen LogP contribution in [-0.2, 0) is 16.7 Å². The minimum absolute atomic E-state index is 0.112. The van der Waals surface area contributed by atoms with E-state index in [4.69, 9.17) is 9.72 Å². The van der Waals surface area contributed by atoms with Gasteiger partial charge in [0.25, 0.3) is 0 Å². The molecule has 4 rings (SSSR count). The van der Waals surface area contributed by atoms with Crippen LogP contribution in [0.5, 0.6) is 0 Å². The molecule has 1 aliphatic heterocycles. The van der Waals surface area contributed by atoms with Gasteiger partial charge in [0, 0.05) is 40.2 Å². The maximum absolute atomic E-state index is 6.34. The van der Waals surface area contributed by atoms with E-state index in [2.05, 4.69) is 36.5 Å². The van der Waals surface area contributed by atoms with Crippen LogP contribution >= 0.6 is 11.3 Å². The zero-order valence-corrected chi connectivity index (χ0v) is 16.6. The molecule has 1 aliphatic carbocycles. The van der Waals surface area contributed by atoms with Crippen LogP contribution in [0.1, 0.15) is 60.4 Å². The number of hydrogen-bond donors (Lipinski definition) is 1. The van der Waals surface area contributed by atoms with Crippen molar-refractivity contribution in [1.29, 1.82) is 0 Å². The second-order valence-corrected chi connectivity index (χ2v) is 9.47. The summed E-state index contributed by atoms with van der Waals surface area (Å²) < 4.78 is 6.34. The molecular formula is C22H30N2OS. The number of thiophene rings is 1. The highest BCUT2D eigenvalue weighted by molar-refractivity contribution is 7.11. The molecule has 0 radical (unpaired) electrons. The summed E-state index contributed by atoms with van der Waals surface area (Å²) in [6.07, 6.45) is 10.4. The average Bonchev–Trinajstić information content (AvgIpc) is 3.29. The first kappa shape index (κ1) is 18.1. The number of ether oxygens (including phenoxy) is 1. The van der Waals surface area contributed by atoms with Gasteiger partial charge in [-0.05, 0) is 69.8 Å². The summed E-state index contributed by atoms with van der Waals surface area (Å²) in [5.41, 5.74) is 1.53. The van der Waals surface area contributed by atoms with E-state index in [9.17, 15) is 0 Å². The Bertz CT molecular complexity index is 708. The van der Waals surface area contributed by atoms with E-state index in [0.717, 1.165) is 39.0 Å². The van der Waals surface area contributed by atoms with Gasteiger partial charge in [-0.1, -0.05) is 18.9 Å². The number of rotatable bonds is 6. The molecule has 140 valence electrons. The summed E-state index contributed by atoms with van der Waals surface area (Å²) in [5, 5.41) is 3.68. The first-order valence-electron chi connectivity index (χ1n) is 10.0. The molecule has 1 spiro atoms. The first-order valence-corrected chi connectivity index (χ1v) is 10.8. The zero-order valence-electron chi connectivity index (χ0n) is 15.8. The van der Waals surface area contributed by atoms with Crippen molar-refractivity contribution in [1.82, 2.24) is 10.3 Å². The molecule has 1 atom stereocenters. The standard InChI is InChI=1S/C22H30N2OS/c1-18-7-8-19(26-18)16-23-14-11-21(20-6-2-5-13-24-20)12-15-25-22(17-21)9-3-4-10-22/h2,5-8,13,23H,3-4,9-12,14-17H2,1H3/t21-/m1/s1. The predicted octanol–water partition coefficient (Wildman–Crippen LogP) is 4.99. The largest absolute Gasteiger partial charge is 0.375 e. The van der Waals surface area contributed by atoms with Crippen LogP contribution in [-0.4, -0.2) is 23.7 Å². The lowest BCUT2D eigenvalue weighted by atomic mass is 9.68. The molecule has 3 heterocycles. The zero-order chi connectivity index (χ0) is 17.9. The Morgan fingerprint density at radius 1 is 1.15 bits per heavy atom. The van der Waals surface area contributed by atoms with E-state index in [1.807, 2.05) is 23.6 Å². The van der Waals surface area contributed by atoms with Crippen LogP contribution in [0.2, 0.25) is 0 Å². The second-order valence-electron chi connectivity index (χ2n) is 8.10. The monoisotopic (exact) mass is 370 g/mol. The minimum atomic E-state index is 0.112. The van der Waals surface area contributed by atoms with E-state index >= 15 is 0 Å². The van der Waals surface area contributed by atoms with Gasteiger partial charge in [0.1, 0.15) is 0 Å². The molecule has 0 unspecified atom stereocenters. The maximum Gasteiger partial charge on any atom is 0.0691 e. The molecule has 4 heteroatoms. The fourth-order valence-corrected chi connectivity index (χ4v) is 5.78. The van der Waals surface area contributed by atoms with Crippen molar-refractivity contribution in [3.63, 3.8) is 0 Å². The molecule has 2 aromatic heterocycles. The van der Waals surface area contributed by atoms with Gasteiger partial charge in [0.05, 0.1) is 5.60 Å². The van der Waals surface area contributed by atoms with Crippen molar-refractivity contribution < 1.29 is 4.74 Å². The topological polar surface area (TPSA) is 34.2 Å². The molecule has 3 nitrogen and oxygen atoms in total. The lowest BCUT2D eigenvalue weighted by molar-refractivity contribution is -0.104. The summed E-state index contributed by atoms with van der Waals surface area (Å²) in [6, 6.07) is 10.8. The molecule has 2 fully saturated rings. The van der Waals surface area contributed by atoms with Gasteiger partial charge in [-0.3, -0.25) is 4.98 Å². The van der Waals surface area contributed by atoms with Crippen molar-refractivity contribution in [3.05, 3.63) is 52.0 Å². The average molecular weight is 371 g/mol. The molecule has 0 bridgehead atoms. The quantitative estimate of drug-likeness (QED) is 0.727. The summed E-state index contributed by atoms with van der Waals surface area (Å²) in [5.74, 6) is 0. The van der Waals surface area contributed by atoms with Crippen LogP contribution in [0.3, 0.4) is 0 Å². The van der Waals surface area contributed by atoms with Crippen LogP contribution in [0.25, 0.3) is 0 Å². The third kappa shape index (κ3) is 3.88. The lowest BCUT2D eigenvalue weighted by Gasteiger charge is -2.46. The van der Waals surface area contributed by atoms with Crippen molar-refractivity contribution in [3.8, 4) is 0 Å². The van der Waals surface area contributed by atoms with E-state index < -0.39 is 0 Å². The number of hydrogen-bond acceptors (Lipinski definition) is 4. The summed E-state index contributed by atoms with van der Waals surface area (Å²) in [7, 11) is 0. The van der Waals surface area contributed by atoms with Crippen molar-refractivity contribution in [2.45, 2.75) is 69.4 Å². The van der Waals surface area contributed by atoms with E-state index in [1.165, 1.54) is 41.1 Å². The van der Waals surface area contributed by atoms with Crippen molar-refractivity contribution in [2.75, 3.05) is 13.2 Å². The smallest absolute Gasteiger partial charge is 0.0691 e. The Labute approximate surface area is 161 Å². The molecular weight excluding hydrogens is 340 g/mol. The minimum Gasteiger partial charge on any atom is -0.375 e. The van der Waals surface area contributed by atoms with Crippen molar-refractivity contribution in [2.24, 2.45) is 0 Å². The van der Waals surface area contributed by atoms with Crippen LogP contribution in [0.15, 0.2) is 36.5 Å². The highest BCUT2D eigenvalue weighted by Gasteiger charge is 2.48. The third-order valence-electron chi connectivity index (χ3n) is 6.25. The molecule has 2 aliphatic rings. The number of pyridine rings is 1. The SMILES string of the molecule is Cc1ccc(CNCC[C@@]2(c3ccccn3)CCOC3(CCCC3)C2)s1. The molecule has 0 amide bonds. The fraction of sp³-hybridized carbons (Fsp3) is 0.591. The maximum atomic E-state index is 6.34. The van der Waals surface area contributed by atoms with Gasteiger partial charge in [0.2, 0.25) is 0 Å². The van der Waals surface area contributed by atoms with Gasteiger partial charge in [-0.2, -0.15) is 0 Å². The Balaban J connectivity index is 1.46. The van der Waals surface area contributed by atoms with Crippen LogP contribution in [0, 0.1) is 6.92 Å². The van der Waals surface area contributed by atoms with Crippen LogP contribution < -0.4 is 5.32 Å². The molecule has 1 saturated heterocycles. The van der Waals surface area contributed by atoms with E-state index in [1.54, 1.807) is 0 Å². The summed E-state index contributed by atoms with van der Waals surface area (Å²) in [4.78, 5) is 7.60. The fourth-order valence-electron chi connectivity index (χ4n) is 4.92. The predicted molar refractivity (Wildman–Crippen MR) is 108 cm³/mol. The highest BCUT2D eigenvalue weighted by Crippen LogP contribution is 2.49. The van der Waals surface area contributed by atoms with E-state index in [-0.39, 0.29) is 11.0 Å². The van der Waals surface area contributed by atoms with Gasteiger partial charge >= 0.3 is 0 Å². The number of aromatic nitrogens is 1. The normalized spacial score (nSPS) is 25.0. The number of nitrogens with zero attached hydrogens (tertiary/aromatic N) is 1. The number of nitrogens with one attached hydrogen (secondary N) is 1. The lowest BCUT2D eigenvalue weighted by Crippen LogP contribution is -2.47. The van der Waals surface area contributed by atoms with E-state index in [0.29, 0.717) is 0 Å². The first-order chi connectivity index (χ1) is 12.7. The Kier molecular flexibility index (Phi) is 5.44. The number of aryl methyl sites for hydroxylation is 1. The van der Waals surface area contributed by atoms with Gasteiger partial charge < -0.3 is 10.1 Å². The molecule has 1 N–H and O–H groups in total. The Hall–Kier alpha value is -1.23. The summed E-state index contributed by atoms with van der Waals surface area (Å²) in [6.45, 7) is 5.05. The van der Waals surface area contributed by atoms with Gasteiger partial charge in [0.15, 0.2) is 0 Å². The van der Waals surface area contributed by atoms with Gasteiger partial charge in [-0.15, -0.1) is 11.3 Å². The van der Waals surface area contributed by atoms with Crippen molar-refractivity contribution >= 4 is 11.3 Å². The molecule has 2 aromatic rings. The second kappa shape index (κ2) is 7.79. The highest BCUT2D eigenvalue weighted by atomic mass is 32.1. The molecule has 26 heavy (non-hydrogen) atoms. The summed E-state index contributed by atoms with van der Waals surface area (Å²) >= 11 is 1.89. The Morgan fingerprint density at radius 2 is 2.04 bits per heavy atom. The van der Waals surface area contributed by atoms with Crippen LogP contribution in [0.4, 0.5) is 0 Å². The Morgan fingerprint density at radius 3 is 2.77 bits per heavy atom. The molecule has 0 aromatic carbocycles. The third-order valence-corrected chi connectivity index (χ3v) is 7.25.